The Morgan fingerprint density at radius 1 is 0.386 bits per heavy atom. The number of unbranched alkanes of at least 4 members (excludes halogenated alkanes) is 10. The molecule has 44 heavy (non-hydrogen) atoms. The van der Waals surface area contributed by atoms with E-state index in [-0.39, 0.29) is 0 Å². The fourth-order valence-corrected chi connectivity index (χ4v) is 11.4. The highest BCUT2D eigenvalue weighted by molar-refractivity contribution is 5.07. The molecule has 5 aliphatic rings. The van der Waals surface area contributed by atoms with E-state index in [1.165, 1.54) is 128 Å². The van der Waals surface area contributed by atoms with Gasteiger partial charge in [0.2, 0.25) is 0 Å². The van der Waals surface area contributed by atoms with Crippen molar-refractivity contribution < 1.29 is 9.47 Å². The normalized spacial score (nSPS) is 37.8. The van der Waals surface area contributed by atoms with E-state index in [1.54, 1.807) is 64.2 Å². The fourth-order valence-electron chi connectivity index (χ4n) is 11.4. The van der Waals surface area contributed by atoms with Crippen LogP contribution < -0.4 is 0 Å². The largest absolute Gasteiger partial charge is 0.378 e. The van der Waals surface area contributed by atoms with Gasteiger partial charge in [-0.1, -0.05) is 78.1 Å². The van der Waals surface area contributed by atoms with Gasteiger partial charge >= 0.3 is 0 Å². The van der Waals surface area contributed by atoms with Gasteiger partial charge in [-0.25, -0.2) is 0 Å². The van der Waals surface area contributed by atoms with Crippen molar-refractivity contribution in [3.63, 3.8) is 0 Å². The summed E-state index contributed by atoms with van der Waals surface area (Å²) in [5.74, 6) is 4.11. The van der Waals surface area contributed by atoms with Crippen molar-refractivity contribution in [3.8, 4) is 0 Å². The average Bonchev–Trinajstić information content (AvgIpc) is 3.05. The second-order valence-corrected chi connectivity index (χ2v) is 17.4. The monoisotopic (exact) mass is 613 g/mol. The van der Waals surface area contributed by atoms with Crippen LogP contribution in [0.3, 0.4) is 0 Å². The summed E-state index contributed by atoms with van der Waals surface area (Å²) in [4.78, 5) is 0. The van der Waals surface area contributed by atoms with E-state index >= 15 is 0 Å². The lowest BCUT2D eigenvalue weighted by atomic mass is 9.43. The molecule has 0 bridgehead atoms. The first-order valence-electron chi connectivity index (χ1n) is 20.9. The topological polar surface area (TPSA) is 18.5 Å². The van der Waals surface area contributed by atoms with Gasteiger partial charge in [-0.3, -0.25) is 0 Å². The van der Waals surface area contributed by atoms with Crippen molar-refractivity contribution in [1.82, 2.24) is 0 Å². The zero-order valence-corrected chi connectivity index (χ0v) is 29.9. The van der Waals surface area contributed by atoms with E-state index < -0.39 is 0 Å². The van der Waals surface area contributed by atoms with E-state index in [1.807, 2.05) is 0 Å². The molecule has 0 radical (unpaired) electrons. The van der Waals surface area contributed by atoms with Gasteiger partial charge in [0, 0.05) is 13.2 Å². The van der Waals surface area contributed by atoms with Crippen molar-refractivity contribution in [2.24, 2.45) is 34.5 Å². The lowest BCUT2D eigenvalue weighted by Gasteiger charge is -2.62. The Morgan fingerprint density at radius 3 is 1.07 bits per heavy atom. The summed E-state index contributed by atoms with van der Waals surface area (Å²) in [7, 11) is 0. The SMILES string of the molecule is CCCCCCCCO[C@H]1CC[C@H](C2CCC3(CC2)CC2(CCC([C@H]4CC[C@H](OCCCCCCCC)CC4)CC2)C3)CC1. The molecule has 0 aromatic rings. The molecular formula is C42H76O2. The molecule has 0 saturated heterocycles. The van der Waals surface area contributed by atoms with Crippen molar-refractivity contribution in [1.29, 1.82) is 0 Å². The van der Waals surface area contributed by atoms with Gasteiger partial charge in [-0.15, -0.1) is 0 Å². The highest BCUT2D eigenvalue weighted by atomic mass is 16.5. The zero-order valence-electron chi connectivity index (χ0n) is 29.9. The first-order valence-corrected chi connectivity index (χ1v) is 20.9. The molecule has 0 aromatic heterocycles. The van der Waals surface area contributed by atoms with Gasteiger partial charge in [-0.05, 0) is 163 Å². The summed E-state index contributed by atoms with van der Waals surface area (Å²) < 4.78 is 12.6. The fraction of sp³-hybridized carbons (Fsp3) is 1.00. The van der Waals surface area contributed by atoms with Crippen LogP contribution >= 0.6 is 0 Å². The molecule has 0 aromatic carbocycles. The lowest BCUT2D eigenvalue weighted by Crippen LogP contribution is -2.50. The maximum atomic E-state index is 6.32. The van der Waals surface area contributed by atoms with Gasteiger partial charge in [0.1, 0.15) is 0 Å². The molecule has 0 aliphatic heterocycles. The van der Waals surface area contributed by atoms with Crippen LogP contribution in [-0.2, 0) is 9.47 Å². The number of rotatable bonds is 18. The van der Waals surface area contributed by atoms with E-state index in [0.717, 1.165) is 47.7 Å². The highest BCUT2D eigenvalue weighted by Crippen LogP contribution is 2.67. The minimum Gasteiger partial charge on any atom is -0.378 e. The second-order valence-electron chi connectivity index (χ2n) is 17.4. The highest BCUT2D eigenvalue weighted by Gasteiger charge is 2.56. The van der Waals surface area contributed by atoms with Crippen LogP contribution in [0.5, 0.6) is 0 Å². The van der Waals surface area contributed by atoms with Crippen molar-refractivity contribution >= 4 is 0 Å². The van der Waals surface area contributed by atoms with Crippen LogP contribution in [0.2, 0.25) is 0 Å². The Bertz CT molecular complexity index is 672. The Hall–Kier alpha value is -0.0800. The molecule has 0 atom stereocenters. The van der Waals surface area contributed by atoms with Crippen LogP contribution in [0.1, 0.15) is 206 Å². The molecule has 5 fully saturated rings. The summed E-state index contributed by atoms with van der Waals surface area (Å²) in [5, 5.41) is 0. The maximum absolute atomic E-state index is 6.32. The Morgan fingerprint density at radius 2 is 0.705 bits per heavy atom. The number of hydrogen-bond donors (Lipinski definition) is 0. The van der Waals surface area contributed by atoms with Gasteiger partial charge < -0.3 is 9.47 Å². The molecule has 0 amide bonds. The molecule has 5 aliphatic carbocycles. The smallest absolute Gasteiger partial charge is 0.0575 e. The van der Waals surface area contributed by atoms with Gasteiger partial charge in [0.05, 0.1) is 12.2 Å². The lowest BCUT2D eigenvalue weighted by molar-refractivity contribution is -0.111. The summed E-state index contributed by atoms with van der Waals surface area (Å²) >= 11 is 0. The maximum Gasteiger partial charge on any atom is 0.0575 e. The number of hydrogen-bond acceptors (Lipinski definition) is 2. The van der Waals surface area contributed by atoms with E-state index in [2.05, 4.69) is 13.8 Å². The minimum atomic E-state index is 0.580. The number of ether oxygens (including phenoxy) is 2. The predicted molar refractivity (Wildman–Crippen MR) is 188 cm³/mol. The third-order valence-corrected chi connectivity index (χ3v) is 14.2. The van der Waals surface area contributed by atoms with Crippen LogP contribution in [0.4, 0.5) is 0 Å². The molecule has 0 N–H and O–H groups in total. The van der Waals surface area contributed by atoms with Crippen LogP contribution in [0.25, 0.3) is 0 Å². The van der Waals surface area contributed by atoms with Crippen LogP contribution in [-0.4, -0.2) is 25.4 Å². The van der Waals surface area contributed by atoms with Crippen molar-refractivity contribution in [2.75, 3.05) is 13.2 Å². The first-order chi connectivity index (χ1) is 21.6. The molecule has 2 heteroatoms. The van der Waals surface area contributed by atoms with Gasteiger partial charge in [0.15, 0.2) is 0 Å². The predicted octanol–water partition coefficient (Wildman–Crippen LogP) is 13.0. The summed E-state index contributed by atoms with van der Waals surface area (Å²) in [6.07, 6.45) is 44.6. The van der Waals surface area contributed by atoms with Crippen molar-refractivity contribution in [2.45, 2.75) is 219 Å². The average molecular weight is 613 g/mol. The molecule has 0 unspecified atom stereocenters. The molecule has 5 saturated carbocycles. The first kappa shape index (κ1) is 35.2. The van der Waals surface area contributed by atoms with E-state index in [9.17, 15) is 0 Å². The molecule has 5 rings (SSSR count). The van der Waals surface area contributed by atoms with E-state index in [0.29, 0.717) is 12.2 Å². The van der Waals surface area contributed by atoms with Crippen LogP contribution in [0.15, 0.2) is 0 Å². The molecule has 0 heterocycles. The van der Waals surface area contributed by atoms with Crippen molar-refractivity contribution in [3.05, 3.63) is 0 Å². The molecule has 256 valence electrons. The second kappa shape index (κ2) is 18.5. The third kappa shape index (κ3) is 10.5. The Labute approximate surface area is 275 Å². The summed E-state index contributed by atoms with van der Waals surface area (Å²) in [6.45, 7) is 6.65. The standard InChI is InChI=1S/C42H76O2/c1-3-5-7-9-11-13-31-43-39-19-15-35(16-20-39)37-23-27-41(28-24-37)33-42(34-41)29-25-38(26-30-42)36-17-21-40(22-18-36)44-32-14-12-10-8-6-4-2/h35-40H,3-34H2,1-2H3/t35-,36-,37?,38?,39-,40-,41?,42?. The Kier molecular flexibility index (Phi) is 14.8. The van der Waals surface area contributed by atoms with Crippen LogP contribution in [0, 0.1) is 34.5 Å². The van der Waals surface area contributed by atoms with E-state index in [4.69, 9.17) is 9.47 Å². The summed E-state index contributed by atoms with van der Waals surface area (Å²) in [5.41, 5.74) is 1.54. The zero-order chi connectivity index (χ0) is 30.5. The molecular weight excluding hydrogens is 536 g/mol. The minimum absolute atomic E-state index is 0.580. The molecule has 2 nitrogen and oxygen atoms in total. The third-order valence-electron chi connectivity index (χ3n) is 14.2. The van der Waals surface area contributed by atoms with Gasteiger partial charge in [-0.2, -0.15) is 0 Å². The summed E-state index contributed by atoms with van der Waals surface area (Å²) in [6, 6.07) is 0. The Balaban J connectivity index is 0.892. The molecule has 2 spiro atoms. The quantitative estimate of drug-likeness (QED) is 0.143. The van der Waals surface area contributed by atoms with Gasteiger partial charge in [0.25, 0.3) is 0 Å².